The van der Waals surface area contributed by atoms with Gasteiger partial charge in [-0.3, -0.25) is 9.10 Å². The molecule has 0 unspecified atom stereocenters. The van der Waals surface area contributed by atoms with Crippen molar-refractivity contribution < 1.29 is 13.2 Å². The first-order valence-electron chi connectivity index (χ1n) is 11.0. The van der Waals surface area contributed by atoms with Crippen molar-refractivity contribution in [2.75, 3.05) is 15.9 Å². The standard InChI is InChI=1S/C26H29N3O3S/c1-6-28-23-10-8-7-9-21(23)22-16-20(13-14-24(22)28)27-26(30)19(4)29(33(5,31)32)25-15-17(2)11-12-18(25)3/h7-16,19H,6H2,1-5H3,(H,27,30)/t19-/m0/s1. The van der Waals surface area contributed by atoms with Gasteiger partial charge in [0.1, 0.15) is 6.04 Å². The molecule has 7 heteroatoms. The van der Waals surface area contributed by atoms with Crippen LogP contribution in [0.2, 0.25) is 0 Å². The lowest BCUT2D eigenvalue weighted by Crippen LogP contribution is -2.45. The fourth-order valence-electron chi connectivity index (χ4n) is 4.46. The Kier molecular flexibility index (Phi) is 5.93. The van der Waals surface area contributed by atoms with Crippen LogP contribution in [0.4, 0.5) is 11.4 Å². The minimum atomic E-state index is -3.69. The number of hydrogen-bond acceptors (Lipinski definition) is 3. The van der Waals surface area contributed by atoms with Crippen LogP contribution in [-0.2, 0) is 21.4 Å². The zero-order valence-electron chi connectivity index (χ0n) is 19.6. The molecule has 0 bridgehead atoms. The highest BCUT2D eigenvalue weighted by atomic mass is 32.2. The smallest absolute Gasteiger partial charge is 0.247 e. The van der Waals surface area contributed by atoms with Crippen molar-refractivity contribution in [1.82, 2.24) is 4.57 Å². The summed E-state index contributed by atoms with van der Waals surface area (Å²) < 4.78 is 28.8. The molecule has 3 aromatic carbocycles. The Labute approximate surface area is 194 Å². The Bertz CT molecular complexity index is 1470. The second-order valence-corrected chi connectivity index (χ2v) is 10.4. The quantitative estimate of drug-likeness (QED) is 0.426. The maximum absolute atomic E-state index is 13.2. The highest BCUT2D eigenvalue weighted by molar-refractivity contribution is 7.92. The van der Waals surface area contributed by atoms with Crippen LogP contribution in [0.5, 0.6) is 0 Å². The van der Waals surface area contributed by atoms with Crippen LogP contribution in [0.15, 0.2) is 60.7 Å². The van der Waals surface area contributed by atoms with Gasteiger partial charge < -0.3 is 9.88 Å². The predicted octanol–water partition coefficient (Wildman–Crippen LogP) is 5.22. The van der Waals surface area contributed by atoms with E-state index in [0.717, 1.165) is 45.7 Å². The van der Waals surface area contributed by atoms with E-state index in [4.69, 9.17) is 0 Å². The van der Waals surface area contributed by atoms with Crippen LogP contribution in [0.1, 0.15) is 25.0 Å². The molecule has 1 amide bonds. The van der Waals surface area contributed by atoms with Crippen LogP contribution >= 0.6 is 0 Å². The van der Waals surface area contributed by atoms with E-state index in [1.165, 1.54) is 4.31 Å². The van der Waals surface area contributed by atoms with Crippen molar-refractivity contribution in [3.8, 4) is 0 Å². The van der Waals surface area contributed by atoms with E-state index in [1.807, 2.05) is 56.3 Å². The van der Waals surface area contributed by atoms with Gasteiger partial charge in [-0.05, 0) is 69.2 Å². The summed E-state index contributed by atoms with van der Waals surface area (Å²) >= 11 is 0. The summed E-state index contributed by atoms with van der Waals surface area (Å²) in [6.45, 7) is 8.30. The molecule has 4 rings (SSSR count). The lowest BCUT2D eigenvalue weighted by Gasteiger charge is -2.29. The number of hydrogen-bond donors (Lipinski definition) is 1. The summed E-state index contributed by atoms with van der Waals surface area (Å²) in [7, 11) is -3.69. The molecule has 33 heavy (non-hydrogen) atoms. The third-order valence-electron chi connectivity index (χ3n) is 6.05. The average Bonchev–Trinajstić information content (AvgIpc) is 3.08. The lowest BCUT2D eigenvalue weighted by molar-refractivity contribution is -0.116. The number of sulfonamides is 1. The van der Waals surface area contributed by atoms with Gasteiger partial charge in [0.25, 0.3) is 0 Å². The molecule has 1 heterocycles. The van der Waals surface area contributed by atoms with E-state index in [-0.39, 0.29) is 5.91 Å². The number of nitrogens with zero attached hydrogens (tertiary/aromatic N) is 2. The van der Waals surface area contributed by atoms with Gasteiger partial charge in [0.05, 0.1) is 11.9 Å². The molecule has 4 aromatic rings. The molecule has 0 aliphatic heterocycles. The van der Waals surface area contributed by atoms with Gasteiger partial charge in [0, 0.05) is 34.0 Å². The Balaban J connectivity index is 1.70. The van der Waals surface area contributed by atoms with Crippen molar-refractivity contribution in [2.45, 2.75) is 40.3 Å². The average molecular weight is 464 g/mol. The molecule has 1 atom stereocenters. The zero-order chi connectivity index (χ0) is 23.9. The molecule has 0 saturated carbocycles. The third kappa shape index (κ3) is 4.20. The molecular formula is C26H29N3O3S. The zero-order valence-corrected chi connectivity index (χ0v) is 20.4. The first kappa shape index (κ1) is 22.9. The molecule has 1 N–H and O–H groups in total. The van der Waals surface area contributed by atoms with E-state index in [0.29, 0.717) is 11.4 Å². The second kappa shape index (κ2) is 8.56. The second-order valence-electron chi connectivity index (χ2n) is 8.51. The highest BCUT2D eigenvalue weighted by Crippen LogP contribution is 2.31. The molecule has 0 saturated heterocycles. The number of benzene rings is 3. The minimum Gasteiger partial charge on any atom is -0.341 e. The van der Waals surface area contributed by atoms with Gasteiger partial charge in [-0.2, -0.15) is 0 Å². The van der Waals surface area contributed by atoms with E-state index in [1.54, 1.807) is 13.0 Å². The summed E-state index contributed by atoms with van der Waals surface area (Å²) in [6.07, 6.45) is 1.13. The van der Waals surface area contributed by atoms with Crippen molar-refractivity contribution in [3.63, 3.8) is 0 Å². The fourth-order valence-corrected chi connectivity index (χ4v) is 5.68. The van der Waals surface area contributed by atoms with E-state index >= 15 is 0 Å². The Morgan fingerprint density at radius 2 is 1.70 bits per heavy atom. The maximum Gasteiger partial charge on any atom is 0.247 e. The minimum absolute atomic E-state index is 0.389. The first-order valence-corrected chi connectivity index (χ1v) is 12.8. The van der Waals surface area contributed by atoms with E-state index < -0.39 is 16.1 Å². The van der Waals surface area contributed by atoms with Crippen molar-refractivity contribution in [3.05, 3.63) is 71.8 Å². The maximum atomic E-state index is 13.2. The summed E-state index contributed by atoms with van der Waals surface area (Å²) in [5.74, 6) is -0.389. The predicted molar refractivity (Wildman–Crippen MR) is 136 cm³/mol. The highest BCUT2D eigenvalue weighted by Gasteiger charge is 2.30. The van der Waals surface area contributed by atoms with E-state index in [2.05, 4.69) is 28.9 Å². The Morgan fingerprint density at radius 1 is 1.00 bits per heavy atom. The van der Waals surface area contributed by atoms with Crippen LogP contribution < -0.4 is 9.62 Å². The Morgan fingerprint density at radius 3 is 2.39 bits per heavy atom. The number of anilines is 2. The van der Waals surface area contributed by atoms with Gasteiger partial charge in [-0.15, -0.1) is 0 Å². The molecular weight excluding hydrogens is 434 g/mol. The van der Waals surface area contributed by atoms with Gasteiger partial charge in [0.2, 0.25) is 15.9 Å². The normalized spacial score (nSPS) is 12.8. The first-order chi connectivity index (χ1) is 15.6. The van der Waals surface area contributed by atoms with Gasteiger partial charge >= 0.3 is 0 Å². The Hall–Kier alpha value is -3.32. The molecule has 0 aliphatic rings. The number of amides is 1. The lowest BCUT2D eigenvalue weighted by atomic mass is 10.1. The number of aryl methyl sites for hydroxylation is 3. The van der Waals surface area contributed by atoms with Crippen LogP contribution in [0, 0.1) is 13.8 Å². The summed E-state index contributed by atoms with van der Waals surface area (Å²) in [6, 6.07) is 18.7. The largest absolute Gasteiger partial charge is 0.341 e. The molecule has 0 radical (unpaired) electrons. The van der Waals surface area contributed by atoms with Crippen LogP contribution in [0.3, 0.4) is 0 Å². The number of aromatic nitrogens is 1. The number of rotatable bonds is 6. The molecule has 0 spiro atoms. The number of nitrogens with one attached hydrogen (secondary N) is 1. The molecule has 0 aliphatic carbocycles. The van der Waals surface area contributed by atoms with Crippen LogP contribution in [-0.4, -0.2) is 31.2 Å². The van der Waals surface area contributed by atoms with Crippen molar-refractivity contribution >= 4 is 49.1 Å². The van der Waals surface area contributed by atoms with Gasteiger partial charge in [0.15, 0.2) is 0 Å². The molecule has 1 aromatic heterocycles. The summed E-state index contributed by atoms with van der Waals surface area (Å²) in [4.78, 5) is 13.2. The summed E-state index contributed by atoms with van der Waals surface area (Å²) in [5, 5.41) is 5.09. The van der Waals surface area contributed by atoms with Crippen molar-refractivity contribution in [1.29, 1.82) is 0 Å². The molecule has 172 valence electrons. The van der Waals surface area contributed by atoms with Crippen LogP contribution in [0.25, 0.3) is 21.8 Å². The monoisotopic (exact) mass is 463 g/mol. The summed E-state index contributed by atoms with van der Waals surface area (Å²) in [5.41, 5.74) is 5.10. The van der Waals surface area contributed by atoms with E-state index in [9.17, 15) is 13.2 Å². The topological polar surface area (TPSA) is 71.4 Å². The number of carbonyl (C=O) groups is 1. The number of fused-ring (bicyclic) bond motifs is 3. The number of para-hydroxylation sites is 1. The number of carbonyl (C=O) groups excluding carboxylic acids is 1. The van der Waals surface area contributed by atoms with Gasteiger partial charge in [-0.25, -0.2) is 8.42 Å². The van der Waals surface area contributed by atoms with Gasteiger partial charge in [-0.1, -0.05) is 30.3 Å². The SMILES string of the molecule is CCn1c2ccccc2c2cc(NC(=O)[C@H](C)N(c3cc(C)ccc3C)S(C)(=O)=O)ccc21. The van der Waals surface area contributed by atoms with Crippen molar-refractivity contribution in [2.24, 2.45) is 0 Å². The fraction of sp³-hybridized carbons (Fsp3) is 0.269. The molecule has 6 nitrogen and oxygen atoms in total. The molecule has 0 fully saturated rings. The third-order valence-corrected chi connectivity index (χ3v) is 7.27.